The van der Waals surface area contributed by atoms with Gasteiger partial charge in [-0.05, 0) is 19.9 Å². The summed E-state index contributed by atoms with van der Waals surface area (Å²) in [6.07, 6.45) is -2.24. The molecule has 0 saturated heterocycles. The fourth-order valence-corrected chi connectivity index (χ4v) is 1.57. The summed E-state index contributed by atoms with van der Waals surface area (Å²) in [5.74, 6) is 0. The van der Waals surface area contributed by atoms with Gasteiger partial charge in [-0.2, -0.15) is 18.3 Å². The maximum absolute atomic E-state index is 12.6. The second-order valence-electron chi connectivity index (χ2n) is 3.90. The van der Waals surface area contributed by atoms with E-state index in [9.17, 15) is 13.2 Å². The number of nitrogens with zero attached hydrogens (tertiary/aromatic N) is 2. The van der Waals surface area contributed by atoms with Crippen molar-refractivity contribution >= 4 is 12.4 Å². The fraction of sp³-hybridized carbons (Fsp3) is 0.727. The number of aromatic nitrogens is 2. The van der Waals surface area contributed by atoms with E-state index in [1.807, 2.05) is 6.92 Å². The number of nitrogens with one attached hydrogen (secondary N) is 1. The lowest BCUT2D eigenvalue weighted by atomic mass is 10.2. The Morgan fingerprint density at radius 3 is 2.68 bits per heavy atom. The smallest absolute Gasteiger partial charge is 0.382 e. The molecule has 0 saturated carbocycles. The Bertz CT molecular complexity index is 369. The molecule has 1 aromatic rings. The van der Waals surface area contributed by atoms with Crippen molar-refractivity contribution in [2.24, 2.45) is 7.05 Å². The van der Waals surface area contributed by atoms with Crippen LogP contribution >= 0.6 is 12.4 Å². The Morgan fingerprint density at radius 1 is 1.42 bits per heavy atom. The average molecular weight is 302 g/mol. The normalized spacial score (nSPS) is 11.4. The van der Waals surface area contributed by atoms with Crippen LogP contribution in [0.5, 0.6) is 0 Å². The molecule has 0 bridgehead atoms. The summed E-state index contributed by atoms with van der Waals surface area (Å²) in [5.41, 5.74) is -0.649. The average Bonchev–Trinajstić information content (AvgIpc) is 2.64. The predicted octanol–water partition coefficient (Wildman–Crippen LogP) is 2.38. The highest BCUT2D eigenvalue weighted by molar-refractivity contribution is 5.85. The van der Waals surface area contributed by atoms with E-state index >= 15 is 0 Å². The van der Waals surface area contributed by atoms with Crippen LogP contribution in [-0.2, 0) is 24.5 Å². The highest BCUT2D eigenvalue weighted by Gasteiger charge is 2.36. The number of alkyl halides is 3. The Hall–Kier alpha value is -0.790. The van der Waals surface area contributed by atoms with Gasteiger partial charge in [0.25, 0.3) is 0 Å². The zero-order chi connectivity index (χ0) is 13.6. The first-order chi connectivity index (χ1) is 8.45. The molecular formula is C11H19ClF3N3O. The molecule has 0 atom stereocenters. The van der Waals surface area contributed by atoms with E-state index < -0.39 is 11.9 Å². The van der Waals surface area contributed by atoms with E-state index in [1.54, 1.807) is 0 Å². The van der Waals surface area contributed by atoms with Gasteiger partial charge in [0.15, 0.2) is 5.69 Å². The van der Waals surface area contributed by atoms with Gasteiger partial charge < -0.3 is 10.1 Å². The summed E-state index contributed by atoms with van der Waals surface area (Å²) in [6, 6.07) is 0. The van der Waals surface area contributed by atoms with Gasteiger partial charge in [-0.25, -0.2) is 0 Å². The summed E-state index contributed by atoms with van der Waals surface area (Å²) < 4.78 is 44.2. The molecule has 0 amide bonds. The van der Waals surface area contributed by atoms with Crippen molar-refractivity contribution in [1.29, 1.82) is 0 Å². The fourth-order valence-electron chi connectivity index (χ4n) is 1.57. The molecule has 19 heavy (non-hydrogen) atoms. The molecular weight excluding hydrogens is 283 g/mol. The molecule has 8 heteroatoms. The van der Waals surface area contributed by atoms with Crippen molar-refractivity contribution in [2.45, 2.75) is 26.1 Å². The first-order valence-electron chi connectivity index (χ1n) is 5.83. The van der Waals surface area contributed by atoms with Crippen LogP contribution in [0.3, 0.4) is 0 Å². The summed E-state index contributed by atoms with van der Waals surface area (Å²) in [4.78, 5) is 0. The van der Waals surface area contributed by atoms with Gasteiger partial charge in [-0.1, -0.05) is 0 Å². The molecule has 0 aliphatic carbocycles. The Kier molecular flexibility index (Phi) is 8.05. The van der Waals surface area contributed by atoms with Crippen LogP contribution in [0.25, 0.3) is 0 Å². The van der Waals surface area contributed by atoms with Crippen LogP contribution in [0.4, 0.5) is 13.2 Å². The van der Waals surface area contributed by atoms with Crippen LogP contribution in [0.15, 0.2) is 6.20 Å². The van der Waals surface area contributed by atoms with Crippen molar-refractivity contribution in [3.63, 3.8) is 0 Å². The number of aryl methyl sites for hydroxylation is 1. The molecule has 0 aromatic carbocycles. The summed E-state index contributed by atoms with van der Waals surface area (Å²) in [5, 5.41) is 6.39. The van der Waals surface area contributed by atoms with Gasteiger partial charge in [0.1, 0.15) is 0 Å². The third kappa shape index (κ3) is 6.26. The highest BCUT2D eigenvalue weighted by atomic mass is 35.5. The van der Waals surface area contributed by atoms with Crippen LogP contribution in [-0.4, -0.2) is 29.5 Å². The molecule has 1 aromatic heterocycles. The maximum atomic E-state index is 12.6. The molecule has 0 radical (unpaired) electrons. The predicted molar refractivity (Wildman–Crippen MR) is 68.3 cm³/mol. The number of hydrogen-bond acceptors (Lipinski definition) is 3. The first kappa shape index (κ1) is 18.2. The van der Waals surface area contributed by atoms with Crippen LogP contribution < -0.4 is 5.32 Å². The molecule has 1 N–H and O–H groups in total. The topological polar surface area (TPSA) is 39.1 Å². The molecule has 0 unspecified atom stereocenters. The third-order valence-electron chi connectivity index (χ3n) is 2.33. The second-order valence-corrected chi connectivity index (χ2v) is 3.90. The van der Waals surface area contributed by atoms with Crippen molar-refractivity contribution in [1.82, 2.24) is 15.1 Å². The monoisotopic (exact) mass is 301 g/mol. The van der Waals surface area contributed by atoms with Crippen LogP contribution in [0, 0.1) is 0 Å². The third-order valence-corrected chi connectivity index (χ3v) is 2.33. The second kappa shape index (κ2) is 8.39. The van der Waals surface area contributed by atoms with E-state index in [4.69, 9.17) is 4.74 Å². The molecule has 4 nitrogen and oxygen atoms in total. The quantitative estimate of drug-likeness (QED) is 0.786. The van der Waals surface area contributed by atoms with E-state index in [-0.39, 0.29) is 24.5 Å². The van der Waals surface area contributed by atoms with Gasteiger partial charge >= 0.3 is 6.18 Å². The van der Waals surface area contributed by atoms with E-state index in [1.165, 1.54) is 17.9 Å². The van der Waals surface area contributed by atoms with Crippen LogP contribution in [0.2, 0.25) is 0 Å². The minimum absolute atomic E-state index is 0. The maximum Gasteiger partial charge on any atom is 0.435 e. The number of halogens is 4. The minimum Gasteiger partial charge on any atom is -0.382 e. The van der Waals surface area contributed by atoms with E-state index in [0.717, 1.165) is 6.42 Å². The Morgan fingerprint density at radius 2 is 2.11 bits per heavy atom. The van der Waals surface area contributed by atoms with Gasteiger partial charge in [-0.15, -0.1) is 12.4 Å². The molecule has 0 fully saturated rings. The number of hydrogen-bond donors (Lipinski definition) is 1. The summed E-state index contributed by atoms with van der Waals surface area (Å²) in [6.45, 7) is 3.95. The number of rotatable bonds is 7. The first-order valence-corrected chi connectivity index (χ1v) is 5.83. The lowest BCUT2D eigenvalue weighted by molar-refractivity contribution is -0.142. The van der Waals surface area contributed by atoms with Crippen molar-refractivity contribution in [3.05, 3.63) is 17.5 Å². The lowest BCUT2D eigenvalue weighted by Crippen LogP contribution is -2.19. The Balaban J connectivity index is 0.00000324. The number of ether oxygens (including phenoxy) is 1. The van der Waals surface area contributed by atoms with Gasteiger partial charge in [0, 0.05) is 38.6 Å². The zero-order valence-electron chi connectivity index (χ0n) is 11.0. The van der Waals surface area contributed by atoms with Crippen molar-refractivity contribution in [2.75, 3.05) is 19.8 Å². The van der Waals surface area contributed by atoms with Gasteiger partial charge in [0.05, 0.1) is 0 Å². The highest BCUT2D eigenvalue weighted by Crippen LogP contribution is 2.30. The van der Waals surface area contributed by atoms with Crippen molar-refractivity contribution in [3.8, 4) is 0 Å². The van der Waals surface area contributed by atoms with E-state index in [2.05, 4.69) is 10.4 Å². The minimum atomic E-state index is -4.40. The van der Waals surface area contributed by atoms with Gasteiger partial charge in [-0.3, -0.25) is 4.68 Å². The van der Waals surface area contributed by atoms with E-state index in [0.29, 0.717) is 19.8 Å². The van der Waals surface area contributed by atoms with Crippen molar-refractivity contribution < 1.29 is 17.9 Å². The summed E-state index contributed by atoms with van der Waals surface area (Å²) >= 11 is 0. The Labute approximate surface area is 116 Å². The lowest BCUT2D eigenvalue weighted by Gasteiger charge is -2.07. The molecule has 1 heterocycles. The largest absolute Gasteiger partial charge is 0.435 e. The van der Waals surface area contributed by atoms with Crippen LogP contribution in [0.1, 0.15) is 24.6 Å². The SMILES string of the molecule is CCOCCCNCc1cn(C)nc1C(F)(F)F.Cl. The molecule has 0 aliphatic rings. The zero-order valence-corrected chi connectivity index (χ0v) is 11.8. The summed E-state index contributed by atoms with van der Waals surface area (Å²) in [7, 11) is 1.48. The van der Waals surface area contributed by atoms with Gasteiger partial charge in [0.2, 0.25) is 0 Å². The molecule has 1 rings (SSSR count). The molecule has 112 valence electrons. The molecule has 0 aliphatic heterocycles. The standard InChI is InChI=1S/C11H18F3N3O.ClH/c1-3-18-6-4-5-15-7-9-8-17(2)16-10(9)11(12,13)14;/h8,15H,3-7H2,1-2H3;1H. The molecule has 0 spiro atoms.